The lowest BCUT2D eigenvalue weighted by Gasteiger charge is -2.13. The highest BCUT2D eigenvalue weighted by Gasteiger charge is 2.16. The van der Waals surface area contributed by atoms with Gasteiger partial charge in [0, 0.05) is 17.3 Å². The number of ether oxygens (including phenoxy) is 2. The summed E-state index contributed by atoms with van der Waals surface area (Å²) in [6.45, 7) is 0.725. The largest absolute Gasteiger partial charge is 0.462 e. The van der Waals surface area contributed by atoms with Crippen LogP contribution in [0.4, 0.5) is 8.78 Å². The Balaban J connectivity index is 2.03. The number of aryl methyl sites for hydroxylation is 1. The van der Waals surface area contributed by atoms with Gasteiger partial charge in [0.2, 0.25) is 0 Å². The van der Waals surface area contributed by atoms with E-state index in [0.717, 1.165) is 5.56 Å². The van der Waals surface area contributed by atoms with Crippen LogP contribution in [-0.2, 0) is 4.74 Å². The molecule has 2 aromatic carbocycles. The average molecular weight is 384 g/mol. The van der Waals surface area contributed by atoms with Crippen LogP contribution in [0.25, 0.3) is 22.5 Å². The average Bonchev–Trinajstić information content (AvgIpc) is 2.68. The van der Waals surface area contributed by atoms with Gasteiger partial charge < -0.3 is 9.47 Å². The fraction of sp³-hybridized carbons (Fsp3) is 0.190. The lowest BCUT2D eigenvalue weighted by molar-refractivity contribution is -0.0494. The van der Waals surface area contributed by atoms with Crippen molar-refractivity contribution in [2.45, 2.75) is 20.5 Å². The molecule has 0 spiro atoms. The number of hydrogen-bond acceptors (Lipinski definition) is 5. The molecule has 0 saturated carbocycles. The summed E-state index contributed by atoms with van der Waals surface area (Å²) in [4.78, 5) is 20.5. The van der Waals surface area contributed by atoms with E-state index in [1.165, 1.54) is 12.3 Å². The summed E-state index contributed by atoms with van der Waals surface area (Å²) in [5.74, 6) is -0.0617. The molecule has 0 radical (unpaired) electrons. The maximum atomic E-state index is 12.8. The van der Waals surface area contributed by atoms with Gasteiger partial charge in [0.1, 0.15) is 5.75 Å². The van der Waals surface area contributed by atoms with Crippen LogP contribution >= 0.6 is 0 Å². The number of aromatic nitrogens is 2. The van der Waals surface area contributed by atoms with E-state index in [-0.39, 0.29) is 17.9 Å². The Kier molecular flexibility index (Phi) is 5.93. The Bertz CT molecular complexity index is 979. The first kappa shape index (κ1) is 19.4. The molecule has 1 heterocycles. The highest BCUT2D eigenvalue weighted by molar-refractivity contribution is 5.90. The van der Waals surface area contributed by atoms with Crippen LogP contribution in [0.1, 0.15) is 23.0 Å². The Morgan fingerprint density at radius 1 is 1.11 bits per heavy atom. The van der Waals surface area contributed by atoms with Gasteiger partial charge >= 0.3 is 12.6 Å². The maximum absolute atomic E-state index is 12.8. The summed E-state index contributed by atoms with van der Waals surface area (Å²) < 4.78 is 35.2. The van der Waals surface area contributed by atoms with Crippen LogP contribution in [0.2, 0.25) is 0 Å². The molecule has 0 bridgehead atoms. The molecule has 5 nitrogen and oxygen atoms in total. The van der Waals surface area contributed by atoms with Crippen LogP contribution in [0.3, 0.4) is 0 Å². The maximum Gasteiger partial charge on any atom is 0.387 e. The Morgan fingerprint density at radius 2 is 1.86 bits per heavy atom. The second-order valence-corrected chi connectivity index (χ2v) is 5.87. The summed E-state index contributed by atoms with van der Waals surface area (Å²) in [5, 5.41) is 0. The van der Waals surface area contributed by atoms with E-state index in [9.17, 15) is 13.6 Å². The van der Waals surface area contributed by atoms with Crippen molar-refractivity contribution >= 4 is 5.97 Å². The number of halogens is 2. The van der Waals surface area contributed by atoms with Gasteiger partial charge in [0.05, 0.1) is 17.9 Å². The van der Waals surface area contributed by atoms with Gasteiger partial charge in [-0.15, -0.1) is 0 Å². The topological polar surface area (TPSA) is 61.3 Å². The van der Waals surface area contributed by atoms with Gasteiger partial charge in [-0.3, -0.25) is 0 Å². The molecular weight excluding hydrogens is 366 g/mol. The molecule has 0 aliphatic carbocycles. The molecule has 144 valence electrons. The third-order valence-corrected chi connectivity index (χ3v) is 4.01. The molecule has 0 aliphatic rings. The summed E-state index contributed by atoms with van der Waals surface area (Å²) in [7, 11) is 0. The summed E-state index contributed by atoms with van der Waals surface area (Å²) in [6.07, 6.45) is 1.40. The monoisotopic (exact) mass is 384 g/mol. The zero-order chi connectivity index (χ0) is 20.1. The van der Waals surface area contributed by atoms with Gasteiger partial charge in [0.25, 0.3) is 0 Å². The highest BCUT2D eigenvalue weighted by atomic mass is 19.3. The summed E-state index contributed by atoms with van der Waals surface area (Å²) >= 11 is 0. The minimum absolute atomic E-state index is 0.0600. The molecule has 3 rings (SSSR count). The third-order valence-electron chi connectivity index (χ3n) is 4.01. The molecule has 0 saturated heterocycles. The number of alkyl halides is 2. The Labute approximate surface area is 161 Å². The standard InChI is InChI=1S/C21H18F2N2O3/c1-3-27-20(26)17-12-24-19(25-13(17)2)15-9-10-18(28-21(22)23)16(11-15)14-7-5-4-6-8-14/h4-12,21H,3H2,1-2H3. The minimum atomic E-state index is -2.93. The molecule has 7 heteroatoms. The first-order valence-corrected chi connectivity index (χ1v) is 8.65. The van der Waals surface area contributed by atoms with E-state index in [1.807, 2.05) is 18.2 Å². The number of rotatable bonds is 6. The number of benzene rings is 2. The lowest BCUT2D eigenvalue weighted by Crippen LogP contribution is -2.09. The van der Waals surface area contributed by atoms with Crippen molar-refractivity contribution in [2.75, 3.05) is 6.61 Å². The summed E-state index contributed by atoms with van der Waals surface area (Å²) in [5.41, 5.74) is 2.58. The number of carbonyl (C=O) groups is 1. The van der Waals surface area contributed by atoms with Gasteiger partial charge in [-0.05, 0) is 37.6 Å². The van der Waals surface area contributed by atoms with Crippen molar-refractivity contribution < 1.29 is 23.0 Å². The normalized spacial score (nSPS) is 10.8. The second-order valence-electron chi connectivity index (χ2n) is 5.87. The predicted octanol–water partition coefficient (Wildman–Crippen LogP) is 4.90. The first-order chi connectivity index (χ1) is 13.5. The first-order valence-electron chi connectivity index (χ1n) is 8.65. The number of carbonyl (C=O) groups excluding carboxylic acids is 1. The number of hydrogen-bond donors (Lipinski definition) is 0. The van der Waals surface area contributed by atoms with Gasteiger partial charge in [0.15, 0.2) is 5.82 Å². The van der Waals surface area contributed by atoms with Crippen molar-refractivity contribution in [2.24, 2.45) is 0 Å². The zero-order valence-corrected chi connectivity index (χ0v) is 15.4. The molecule has 3 aromatic rings. The van der Waals surface area contributed by atoms with E-state index in [1.54, 1.807) is 38.1 Å². The van der Waals surface area contributed by atoms with E-state index in [0.29, 0.717) is 22.6 Å². The Hall–Kier alpha value is -3.35. The van der Waals surface area contributed by atoms with Gasteiger partial charge in [-0.1, -0.05) is 30.3 Å². The molecule has 1 aromatic heterocycles. The van der Waals surface area contributed by atoms with Crippen molar-refractivity contribution in [1.82, 2.24) is 9.97 Å². The zero-order valence-electron chi connectivity index (χ0n) is 15.4. The molecule has 0 atom stereocenters. The van der Waals surface area contributed by atoms with E-state index in [4.69, 9.17) is 4.74 Å². The Morgan fingerprint density at radius 3 is 2.50 bits per heavy atom. The van der Waals surface area contributed by atoms with Crippen molar-refractivity contribution in [3.05, 3.63) is 66.0 Å². The third kappa shape index (κ3) is 4.31. The van der Waals surface area contributed by atoms with Crippen molar-refractivity contribution in [3.8, 4) is 28.3 Å². The predicted molar refractivity (Wildman–Crippen MR) is 100 cm³/mol. The quantitative estimate of drug-likeness (QED) is 0.566. The van der Waals surface area contributed by atoms with Gasteiger partial charge in [-0.25, -0.2) is 14.8 Å². The molecule has 0 fully saturated rings. The second kappa shape index (κ2) is 8.56. The fourth-order valence-corrected chi connectivity index (χ4v) is 2.73. The van der Waals surface area contributed by atoms with Crippen LogP contribution in [0.15, 0.2) is 54.7 Å². The molecule has 0 aliphatic heterocycles. The highest BCUT2D eigenvalue weighted by Crippen LogP contribution is 2.34. The van der Waals surface area contributed by atoms with E-state index < -0.39 is 12.6 Å². The van der Waals surface area contributed by atoms with Crippen LogP contribution in [0.5, 0.6) is 5.75 Å². The SMILES string of the molecule is CCOC(=O)c1cnc(-c2ccc(OC(F)F)c(-c3ccccc3)c2)nc1C. The van der Waals surface area contributed by atoms with E-state index >= 15 is 0 Å². The smallest absolute Gasteiger partial charge is 0.387 e. The van der Waals surface area contributed by atoms with Crippen molar-refractivity contribution in [3.63, 3.8) is 0 Å². The molecule has 28 heavy (non-hydrogen) atoms. The van der Waals surface area contributed by atoms with Crippen LogP contribution in [-0.4, -0.2) is 29.2 Å². The molecule has 0 unspecified atom stereocenters. The molecule has 0 amide bonds. The van der Waals surface area contributed by atoms with E-state index in [2.05, 4.69) is 14.7 Å². The van der Waals surface area contributed by atoms with Gasteiger partial charge in [-0.2, -0.15) is 8.78 Å². The molecule has 0 N–H and O–H groups in total. The van der Waals surface area contributed by atoms with Crippen LogP contribution in [0, 0.1) is 6.92 Å². The minimum Gasteiger partial charge on any atom is -0.462 e. The molecular formula is C21H18F2N2O3. The van der Waals surface area contributed by atoms with Crippen molar-refractivity contribution in [1.29, 1.82) is 0 Å². The lowest BCUT2D eigenvalue weighted by atomic mass is 10.0. The summed E-state index contributed by atoms with van der Waals surface area (Å²) in [6, 6.07) is 13.8. The number of nitrogens with zero attached hydrogens (tertiary/aromatic N) is 2. The fourth-order valence-electron chi connectivity index (χ4n) is 2.73. The van der Waals surface area contributed by atoms with Crippen LogP contribution < -0.4 is 4.74 Å². The number of esters is 1.